The van der Waals surface area contributed by atoms with Crippen LogP contribution in [0.3, 0.4) is 0 Å². The van der Waals surface area contributed by atoms with Crippen LogP contribution in [-0.4, -0.2) is 26.3 Å². The minimum Gasteiger partial charge on any atom is -0.494 e. The van der Waals surface area contributed by atoms with Crippen molar-refractivity contribution < 1.29 is 9.47 Å². The van der Waals surface area contributed by atoms with E-state index in [0.29, 0.717) is 6.61 Å². The summed E-state index contributed by atoms with van der Waals surface area (Å²) in [6, 6.07) is 7.85. The molecule has 98 valence electrons. The smallest absolute Gasteiger partial charge is 0.120 e. The Hall–Kier alpha value is -1.48. The maximum atomic E-state index is 5.75. The summed E-state index contributed by atoms with van der Waals surface area (Å²) >= 11 is 0. The van der Waals surface area contributed by atoms with Gasteiger partial charge in [-0.25, -0.2) is 0 Å². The lowest BCUT2D eigenvalue weighted by molar-refractivity contribution is 0.315. The van der Waals surface area contributed by atoms with E-state index in [1.807, 2.05) is 24.3 Å². The van der Waals surface area contributed by atoms with Gasteiger partial charge < -0.3 is 14.8 Å². The van der Waals surface area contributed by atoms with Crippen molar-refractivity contribution in [1.29, 1.82) is 0 Å². The summed E-state index contributed by atoms with van der Waals surface area (Å²) in [5.74, 6) is 1.81. The molecule has 18 heavy (non-hydrogen) atoms. The molecule has 0 atom stereocenters. The second kappa shape index (κ2) is 7.07. The Morgan fingerprint density at radius 1 is 1.11 bits per heavy atom. The van der Waals surface area contributed by atoms with Crippen LogP contribution in [0.5, 0.6) is 11.5 Å². The van der Waals surface area contributed by atoms with Gasteiger partial charge in [0.15, 0.2) is 0 Å². The highest BCUT2D eigenvalue weighted by molar-refractivity contribution is 5.31. The van der Waals surface area contributed by atoms with E-state index in [9.17, 15) is 0 Å². The molecule has 3 heteroatoms. The molecule has 1 heterocycles. The number of hydrogen-bond acceptors (Lipinski definition) is 3. The van der Waals surface area contributed by atoms with Gasteiger partial charge in [-0.05, 0) is 49.2 Å². The molecule has 0 aliphatic carbocycles. The topological polar surface area (TPSA) is 30.5 Å². The normalized spacial score (nSPS) is 15.1. The molecule has 0 aromatic heterocycles. The minimum absolute atomic E-state index is 0.691. The molecule has 1 aromatic carbocycles. The van der Waals surface area contributed by atoms with Gasteiger partial charge in [-0.3, -0.25) is 0 Å². The van der Waals surface area contributed by atoms with Crippen LogP contribution >= 0.6 is 0 Å². The van der Waals surface area contributed by atoms with Gasteiger partial charge in [0.2, 0.25) is 0 Å². The maximum Gasteiger partial charge on any atom is 0.120 e. The molecule has 1 aliphatic heterocycles. The Morgan fingerprint density at radius 3 is 2.44 bits per heavy atom. The van der Waals surface area contributed by atoms with Crippen LogP contribution in [0.4, 0.5) is 0 Å². The van der Waals surface area contributed by atoms with E-state index in [1.54, 1.807) is 0 Å². The van der Waals surface area contributed by atoms with Crippen LogP contribution in [0.2, 0.25) is 0 Å². The molecule has 0 fully saturated rings. The van der Waals surface area contributed by atoms with E-state index in [4.69, 9.17) is 9.47 Å². The van der Waals surface area contributed by atoms with Crippen LogP contribution in [0.15, 0.2) is 35.9 Å². The number of ether oxygens (including phenoxy) is 2. The third-order valence-electron chi connectivity index (χ3n) is 2.88. The first-order valence-electron chi connectivity index (χ1n) is 6.63. The lowest BCUT2D eigenvalue weighted by atomic mass is 10.1. The van der Waals surface area contributed by atoms with Gasteiger partial charge in [-0.2, -0.15) is 0 Å². The van der Waals surface area contributed by atoms with Gasteiger partial charge >= 0.3 is 0 Å². The van der Waals surface area contributed by atoms with Crippen LogP contribution in [-0.2, 0) is 0 Å². The van der Waals surface area contributed by atoms with Crippen LogP contribution in [0.1, 0.15) is 19.8 Å². The van der Waals surface area contributed by atoms with E-state index >= 15 is 0 Å². The summed E-state index contributed by atoms with van der Waals surface area (Å²) in [6.07, 6.45) is 4.32. The van der Waals surface area contributed by atoms with Crippen molar-refractivity contribution in [2.75, 3.05) is 26.3 Å². The highest BCUT2D eigenvalue weighted by atomic mass is 16.5. The zero-order chi connectivity index (χ0) is 12.6. The maximum absolute atomic E-state index is 5.75. The van der Waals surface area contributed by atoms with Gasteiger partial charge in [0.1, 0.15) is 18.1 Å². The van der Waals surface area contributed by atoms with E-state index in [0.717, 1.165) is 44.0 Å². The van der Waals surface area contributed by atoms with E-state index in [-0.39, 0.29) is 0 Å². The molecule has 2 rings (SSSR count). The summed E-state index contributed by atoms with van der Waals surface area (Å²) in [6.45, 7) is 5.57. The fourth-order valence-corrected chi connectivity index (χ4v) is 1.83. The molecule has 1 aromatic rings. The zero-order valence-corrected chi connectivity index (χ0v) is 10.9. The first kappa shape index (κ1) is 13.0. The monoisotopic (exact) mass is 247 g/mol. The van der Waals surface area contributed by atoms with Crippen molar-refractivity contribution in [3.05, 3.63) is 35.9 Å². The lowest BCUT2D eigenvalue weighted by Crippen LogP contribution is -2.22. The second-order valence-electron chi connectivity index (χ2n) is 4.43. The fraction of sp³-hybridized carbons (Fsp3) is 0.467. The van der Waals surface area contributed by atoms with E-state index < -0.39 is 0 Å². The third kappa shape index (κ3) is 4.08. The molecule has 3 nitrogen and oxygen atoms in total. The SMILES string of the molecule is CCCOc1ccc(OCC2=CCNCC2)cc1. The van der Waals surface area contributed by atoms with Crippen molar-refractivity contribution >= 4 is 0 Å². The average molecular weight is 247 g/mol. The minimum atomic E-state index is 0.691. The molecule has 1 N–H and O–H groups in total. The third-order valence-corrected chi connectivity index (χ3v) is 2.88. The Kier molecular flexibility index (Phi) is 5.09. The molecule has 0 spiro atoms. The summed E-state index contributed by atoms with van der Waals surface area (Å²) in [5.41, 5.74) is 1.38. The summed E-state index contributed by atoms with van der Waals surface area (Å²) in [4.78, 5) is 0. The Bertz CT molecular complexity index is 384. The van der Waals surface area contributed by atoms with Crippen molar-refractivity contribution in [2.24, 2.45) is 0 Å². The van der Waals surface area contributed by atoms with E-state index in [1.165, 1.54) is 5.57 Å². The van der Waals surface area contributed by atoms with Gasteiger partial charge in [0.05, 0.1) is 6.61 Å². The molecule has 0 saturated carbocycles. The van der Waals surface area contributed by atoms with Crippen molar-refractivity contribution in [3.8, 4) is 11.5 Å². The molecular weight excluding hydrogens is 226 g/mol. The van der Waals surface area contributed by atoms with Crippen LogP contribution < -0.4 is 14.8 Å². The highest BCUT2D eigenvalue weighted by Crippen LogP contribution is 2.18. The summed E-state index contributed by atoms with van der Waals surface area (Å²) in [5, 5.41) is 3.29. The number of benzene rings is 1. The molecule has 0 saturated heterocycles. The van der Waals surface area contributed by atoms with Crippen LogP contribution in [0, 0.1) is 0 Å². The zero-order valence-electron chi connectivity index (χ0n) is 10.9. The van der Waals surface area contributed by atoms with Gasteiger partial charge in [0, 0.05) is 6.54 Å². The fourth-order valence-electron chi connectivity index (χ4n) is 1.83. The van der Waals surface area contributed by atoms with Crippen molar-refractivity contribution in [1.82, 2.24) is 5.32 Å². The summed E-state index contributed by atoms with van der Waals surface area (Å²) in [7, 11) is 0. The quantitative estimate of drug-likeness (QED) is 0.784. The molecule has 1 aliphatic rings. The number of nitrogens with one attached hydrogen (secondary N) is 1. The molecule has 0 amide bonds. The first-order valence-corrected chi connectivity index (χ1v) is 6.63. The Balaban J connectivity index is 1.80. The number of rotatable bonds is 6. The molecular formula is C15H21NO2. The lowest BCUT2D eigenvalue weighted by Gasteiger charge is -2.15. The van der Waals surface area contributed by atoms with Gasteiger partial charge in [-0.15, -0.1) is 0 Å². The van der Waals surface area contributed by atoms with Crippen molar-refractivity contribution in [3.63, 3.8) is 0 Å². The first-order chi connectivity index (χ1) is 8.88. The Morgan fingerprint density at radius 2 is 1.83 bits per heavy atom. The van der Waals surface area contributed by atoms with Gasteiger partial charge in [-0.1, -0.05) is 13.0 Å². The van der Waals surface area contributed by atoms with Gasteiger partial charge in [0.25, 0.3) is 0 Å². The predicted molar refractivity (Wildman–Crippen MR) is 73.3 cm³/mol. The van der Waals surface area contributed by atoms with Crippen molar-refractivity contribution in [2.45, 2.75) is 19.8 Å². The largest absolute Gasteiger partial charge is 0.494 e. The molecule has 0 radical (unpaired) electrons. The standard InChI is InChI=1S/C15H21NO2/c1-2-11-17-14-3-5-15(6-4-14)18-12-13-7-9-16-10-8-13/h3-7,16H,2,8-12H2,1H3. The predicted octanol–water partition coefficient (Wildman–Crippen LogP) is 2.77. The molecule has 0 bridgehead atoms. The average Bonchev–Trinajstić information content (AvgIpc) is 2.45. The van der Waals surface area contributed by atoms with Crippen LogP contribution in [0.25, 0.3) is 0 Å². The second-order valence-corrected chi connectivity index (χ2v) is 4.43. The Labute approximate surface area is 109 Å². The summed E-state index contributed by atoms with van der Waals surface area (Å²) < 4.78 is 11.3. The van der Waals surface area contributed by atoms with E-state index in [2.05, 4.69) is 18.3 Å². The number of hydrogen-bond donors (Lipinski definition) is 1. The highest BCUT2D eigenvalue weighted by Gasteiger charge is 2.03. The molecule has 0 unspecified atom stereocenters.